The van der Waals surface area contributed by atoms with Gasteiger partial charge in [-0.05, 0) is 30.7 Å². The van der Waals surface area contributed by atoms with E-state index < -0.39 is 0 Å². The number of rotatable bonds is 3. The summed E-state index contributed by atoms with van der Waals surface area (Å²) in [4.78, 5) is 13.5. The molecule has 0 fully saturated rings. The van der Waals surface area contributed by atoms with Gasteiger partial charge in [-0.3, -0.25) is 4.79 Å². The molecule has 0 spiro atoms. The summed E-state index contributed by atoms with van der Waals surface area (Å²) in [6.45, 7) is 2.01. The van der Waals surface area contributed by atoms with Crippen LogP contribution in [0.1, 0.15) is 15.2 Å². The van der Waals surface area contributed by atoms with Crippen molar-refractivity contribution in [2.45, 2.75) is 6.92 Å². The zero-order chi connectivity index (χ0) is 15.5. The molecule has 0 aliphatic heterocycles. The van der Waals surface area contributed by atoms with Gasteiger partial charge in [-0.25, -0.2) is 0 Å². The van der Waals surface area contributed by atoms with Crippen molar-refractivity contribution in [2.75, 3.05) is 5.32 Å². The van der Waals surface area contributed by atoms with Crippen LogP contribution in [0, 0.1) is 6.92 Å². The molecule has 4 heteroatoms. The second-order valence-electron chi connectivity index (χ2n) is 5.01. The Bertz CT molecular complexity index is 809. The van der Waals surface area contributed by atoms with Gasteiger partial charge in [0.15, 0.2) is 0 Å². The summed E-state index contributed by atoms with van der Waals surface area (Å²) in [7, 11) is 0. The van der Waals surface area contributed by atoms with E-state index >= 15 is 0 Å². The van der Waals surface area contributed by atoms with E-state index in [9.17, 15) is 9.90 Å². The Kier molecular flexibility index (Phi) is 3.94. The molecule has 0 aliphatic rings. The van der Waals surface area contributed by atoms with E-state index in [-0.39, 0.29) is 11.7 Å². The number of benzene rings is 2. The first kappa shape index (κ1) is 14.4. The van der Waals surface area contributed by atoms with Crippen molar-refractivity contribution in [3.05, 3.63) is 71.1 Å². The van der Waals surface area contributed by atoms with Crippen LogP contribution in [-0.2, 0) is 0 Å². The third-order valence-electron chi connectivity index (χ3n) is 3.25. The first-order valence-corrected chi connectivity index (χ1v) is 7.71. The lowest BCUT2D eigenvalue weighted by Gasteiger charge is -2.03. The summed E-state index contributed by atoms with van der Waals surface area (Å²) in [5, 5.41) is 12.8. The van der Waals surface area contributed by atoms with Gasteiger partial charge in [-0.15, -0.1) is 11.3 Å². The van der Waals surface area contributed by atoms with Gasteiger partial charge in [0.2, 0.25) is 0 Å². The molecule has 0 radical (unpaired) electrons. The van der Waals surface area contributed by atoms with Crippen LogP contribution >= 0.6 is 11.3 Å². The minimum Gasteiger partial charge on any atom is -0.506 e. The van der Waals surface area contributed by atoms with Gasteiger partial charge in [-0.2, -0.15) is 0 Å². The van der Waals surface area contributed by atoms with Crippen molar-refractivity contribution < 1.29 is 9.90 Å². The quantitative estimate of drug-likeness (QED) is 0.738. The topological polar surface area (TPSA) is 49.3 Å². The van der Waals surface area contributed by atoms with Crippen LogP contribution < -0.4 is 5.32 Å². The number of carbonyl (C=O) groups excluding carboxylic acids is 1. The van der Waals surface area contributed by atoms with Crippen molar-refractivity contribution in [2.24, 2.45) is 0 Å². The Morgan fingerprint density at radius 3 is 2.55 bits per heavy atom. The molecule has 0 atom stereocenters. The molecule has 0 unspecified atom stereocenters. The SMILES string of the molecule is Cc1cccc(-c2cc(O)c(C(=O)Nc3ccccc3)s2)c1. The standard InChI is InChI=1S/C18H15NO2S/c1-12-6-5-7-13(10-12)16-11-15(20)17(22-16)18(21)19-14-8-3-2-4-9-14/h2-11,20H,1H3,(H,19,21). The van der Waals surface area contributed by atoms with Crippen LogP contribution in [0.3, 0.4) is 0 Å². The molecule has 110 valence electrons. The van der Waals surface area contributed by atoms with Crippen LogP contribution in [0.5, 0.6) is 5.75 Å². The van der Waals surface area contributed by atoms with Crippen LogP contribution in [0.25, 0.3) is 10.4 Å². The zero-order valence-electron chi connectivity index (χ0n) is 12.0. The second kappa shape index (κ2) is 6.03. The summed E-state index contributed by atoms with van der Waals surface area (Å²) in [5.74, 6) is -0.289. The normalized spacial score (nSPS) is 10.4. The average molecular weight is 309 g/mol. The van der Waals surface area contributed by atoms with Crippen LogP contribution in [0.2, 0.25) is 0 Å². The van der Waals surface area contributed by atoms with Crippen LogP contribution in [0.4, 0.5) is 5.69 Å². The van der Waals surface area contributed by atoms with E-state index in [1.54, 1.807) is 6.07 Å². The Morgan fingerprint density at radius 1 is 1.05 bits per heavy atom. The van der Waals surface area contributed by atoms with Gasteiger partial charge < -0.3 is 10.4 Å². The highest BCUT2D eigenvalue weighted by molar-refractivity contribution is 7.17. The van der Waals surface area contributed by atoms with E-state index in [0.717, 1.165) is 16.0 Å². The minimum absolute atomic E-state index is 0.00920. The van der Waals surface area contributed by atoms with Gasteiger partial charge in [0, 0.05) is 10.6 Å². The molecular formula is C18H15NO2S. The number of nitrogens with one attached hydrogen (secondary N) is 1. The van der Waals surface area contributed by atoms with Crippen LogP contribution in [0.15, 0.2) is 60.7 Å². The van der Waals surface area contributed by atoms with Crippen molar-refractivity contribution in [3.63, 3.8) is 0 Å². The molecule has 22 heavy (non-hydrogen) atoms. The summed E-state index contributed by atoms with van der Waals surface area (Å²) in [5.41, 5.74) is 2.84. The lowest BCUT2D eigenvalue weighted by Crippen LogP contribution is -2.09. The molecule has 2 aromatic carbocycles. The Balaban J connectivity index is 1.88. The van der Waals surface area contributed by atoms with E-state index in [4.69, 9.17) is 0 Å². The lowest BCUT2D eigenvalue weighted by atomic mass is 10.1. The fraction of sp³-hybridized carbons (Fsp3) is 0.0556. The number of para-hydroxylation sites is 1. The number of thiophene rings is 1. The molecule has 2 N–H and O–H groups in total. The molecule has 3 rings (SSSR count). The van der Waals surface area contributed by atoms with Gasteiger partial charge in [0.05, 0.1) is 0 Å². The van der Waals surface area contributed by atoms with Gasteiger partial charge in [0.25, 0.3) is 5.91 Å². The molecular weight excluding hydrogens is 294 g/mol. The largest absolute Gasteiger partial charge is 0.506 e. The highest BCUT2D eigenvalue weighted by Crippen LogP contribution is 2.36. The third kappa shape index (κ3) is 3.02. The summed E-state index contributed by atoms with van der Waals surface area (Å²) in [6, 6.07) is 18.8. The van der Waals surface area contributed by atoms with Gasteiger partial charge in [-0.1, -0.05) is 48.0 Å². The first-order valence-electron chi connectivity index (χ1n) is 6.90. The maximum atomic E-state index is 12.3. The van der Waals surface area contributed by atoms with Crippen LogP contribution in [-0.4, -0.2) is 11.0 Å². The van der Waals surface area contributed by atoms with E-state index in [1.807, 2.05) is 61.5 Å². The molecule has 0 aliphatic carbocycles. The second-order valence-corrected chi connectivity index (χ2v) is 6.07. The zero-order valence-corrected chi connectivity index (χ0v) is 12.9. The third-order valence-corrected chi connectivity index (χ3v) is 4.43. The molecule has 0 bridgehead atoms. The van der Waals surface area contributed by atoms with E-state index in [0.29, 0.717) is 10.6 Å². The van der Waals surface area contributed by atoms with Crippen molar-refractivity contribution in [3.8, 4) is 16.2 Å². The minimum atomic E-state index is -0.299. The van der Waals surface area contributed by atoms with E-state index in [1.165, 1.54) is 11.3 Å². The molecule has 3 aromatic rings. The highest BCUT2D eigenvalue weighted by atomic mass is 32.1. The fourth-order valence-electron chi connectivity index (χ4n) is 2.19. The number of hydrogen-bond acceptors (Lipinski definition) is 3. The molecule has 1 amide bonds. The number of aryl methyl sites for hydroxylation is 1. The van der Waals surface area contributed by atoms with Crippen molar-refractivity contribution in [1.29, 1.82) is 0 Å². The predicted octanol–water partition coefficient (Wildman–Crippen LogP) is 4.68. The van der Waals surface area contributed by atoms with Gasteiger partial charge >= 0.3 is 0 Å². The molecule has 0 saturated heterocycles. The smallest absolute Gasteiger partial charge is 0.269 e. The monoisotopic (exact) mass is 309 g/mol. The van der Waals surface area contributed by atoms with Crippen molar-refractivity contribution in [1.82, 2.24) is 0 Å². The summed E-state index contributed by atoms with van der Waals surface area (Å²) >= 11 is 1.29. The average Bonchev–Trinajstić information content (AvgIpc) is 2.90. The number of anilines is 1. The van der Waals surface area contributed by atoms with E-state index in [2.05, 4.69) is 5.32 Å². The maximum absolute atomic E-state index is 12.3. The number of carbonyl (C=O) groups is 1. The first-order chi connectivity index (χ1) is 10.6. The Hall–Kier alpha value is -2.59. The predicted molar refractivity (Wildman–Crippen MR) is 90.6 cm³/mol. The van der Waals surface area contributed by atoms with Crippen molar-refractivity contribution >= 4 is 22.9 Å². The summed E-state index contributed by atoms with van der Waals surface area (Å²) < 4.78 is 0. The Morgan fingerprint density at radius 2 is 1.82 bits per heavy atom. The van der Waals surface area contributed by atoms with Gasteiger partial charge in [0.1, 0.15) is 10.6 Å². The number of amides is 1. The molecule has 1 aromatic heterocycles. The highest BCUT2D eigenvalue weighted by Gasteiger charge is 2.17. The number of aromatic hydroxyl groups is 1. The summed E-state index contributed by atoms with van der Waals surface area (Å²) in [6.07, 6.45) is 0. The maximum Gasteiger partial charge on any atom is 0.269 e. The Labute approximate surface area is 132 Å². The molecule has 3 nitrogen and oxygen atoms in total. The number of hydrogen-bond donors (Lipinski definition) is 2. The fourth-order valence-corrected chi connectivity index (χ4v) is 3.14. The molecule has 1 heterocycles. The lowest BCUT2D eigenvalue weighted by molar-refractivity contribution is 0.102. The molecule has 0 saturated carbocycles.